The summed E-state index contributed by atoms with van der Waals surface area (Å²) in [5.41, 5.74) is 7.02. The molecule has 0 saturated carbocycles. The lowest BCUT2D eigenvalue weighted by atomic mass is 9.89. The van der Waals surface area contributed by atoms with Crippen molar-refractivity contribution < 1.29 is 19.1 Å². The van der Waals surface area contributed by atoms with Crippen molar-refractivity contribution >= 4 is 29.4 Å². The Morgan fingerprint density at radius 3 is 2.31 bits per heavy atom. The van der Waals surface area contributed by atoms with Gasteiger partial charge in [0.2, 0.25) is 0 Å². The number of nitrogens with zero attached hydrogens (tertiary/aromatic N) is 1. The fourth-order valence-electron chi connectivity index (χ4n) is 4.03. The van der Waals surface area contributed by atoms with Crippen molar-refractivity contribution in [1.29, 1.82) is 0 Å². The van der Waals surface area contributed by atoms with E-state index in [1.165, 1.54) is 5.56 Å². The summed E-state index contributed by atoms with van der Waals surface area (Å²) in [4.78, 5) is 39.0. The first kappa shape index (κ1) is 25.9. The molecule has 4 amide bonds. The minimum Gasteiger partial charge on any atom is -0.443 e. The first-order chi connectivity index (χ1) is 16.7. The predicted molar refractivity (Wildman–Crippen MR) is 137 cm³/mol. The van der Waals surface area contributed by atoms with Crippen molar-refractivity contribution in [3.8, 4) is 0 Å². The van der Waals surface area contributed by atoms with Crippen LogP contribution in [0, 0.1) is 0 Å². The molecule has 0 radical (unpaired) electrons. The summed E-state index contributed by atoms with van der Waals surface area (Å²) in [5, 5.41) is 5.61. The van der Waals surface area contributed by atoms with E-state index in [-0.39, 0.29) is 6.03 Å². The van der Waals surface area contributed by atoms with Crippen LogP contribution in [-0.4, -0.2) is 43.3 Å². The number of carbonyl (C=O) groups is 3. The van der Waals surface area contributed by atoms with Crippen molar-refractivity contribution in [1.82, 2.24) is 16.2 Å². The van der Waals surface area contributed by atoms with Gasteiger partial charge in [-0.2, -0.15) is 0 Å². The molecule has 1 aliphatic heterocycles. The van der Waals surface area contributed by atoms with E-state index in [9.17, 15) is 14.4 Å². The highest BCUT2D eigenvalue weighted by atomic mass is 16.6. The molecule has 1 heterocycles. The van der Waals surface area contributed by atoms with Crippen molar-refractivity contribution in [2.24, 2.45) is 0 Å². The molecule has 9 heteroatoms. The van der Waals surface area contributed by atoms with E-state index in [4.69, 9.17) is 4.74 Å². The van der Waals surface area contributed by atoms with E-state index in [0.717, 1.165) is 31.6 Å². The second-order valence-corrected chi connectivity index (χ2v) is 9.47. The maximum Gasteiger partial charge on any atom is 0.426 e. The Hall–Kier alpha value is -3.75. The van der Waals surface area contributed by atoms with Gasteiger partial charge in [-0.1, -0.05) is 30.3 Å². The lowest BCUT2D eigenvalue weighted by Crippen LogP contribution is -2.44. The number of anilines is 2. The van der Waals surface area contributed by atoms with Crippen LogP contribution in [0.4, 0.5) is 21.0 Å². The summed E-state index contributed by atoms with van der Waals surface area (Å²) >= 11 is 0. The van der Waals surface area contributed by atoms with Gasteiger partial charge in [0.05, 0.1) is 11.4 Å². The first-order valence-electron chi connectivity index (χ1n) is 11.9. The van der Waals surface area contributed by atoms with Crippen LogP contribution in [0.2, 0.25) is 0 Å². The van der Waals surface area contributed by atoms with Crippen LogP contribution in [0.25, 0.3) is 0 Å². The summed E-state index contributed by atoms with van der Waals surface area (Å²) < 4.78 is 5.15. The predicted octanol–water partition coefficient (Wildman–Crippen LogP) is 4.38. The van der Waals surface area contributed by atoms with Crippen molar-refractivity contribution in [2.45, 2.75) is 52.1 Å². The number of nitrogens with one attached hydrogen (secondary N) is 4. The maximum atomic E-state index is 12.7. The number of benzene rings is 2. The molecule has 188 valence electrons. The molecule has 1 saturated heterocycles. The molecule has 0 spiro atoms. The summed E-state index contributed by atoms with van der Waals surface area (Å²) in [6, 6.07) is 15.2. The summed E-state index contributed by atoms with van der Waals surface area (Å²) in [6.45, 7) is 9.13. The van der Waals surface area contributed by atoms with Crippen molar-refractivity contribution in [3.05, 3.63) is 59.7 Å². The third kappa shape index (κ3) is 7.63. The Morgan fingerprint density at radius 2 is 1.69 bits per heavy atom. The third-order valence-corrected chi connectivity index (χ3v) is 5.63. The van der Waals surface area contributed by atoms with Crippen LogP contribution in [0.1, 0.15) is 62.4 Å². The number of carbonyl (C=O) groups excluding carboxylic acids is 3. The fourth-order valence-corrected chi connectivity index (χ4v) is 4.03. The van der Waals surface area contributed by atoms with Gasteiger partial charge in [0.1, 0.15) is 5.60 Å². The molecular weight excluding hydrogens is 446 g/mol. The SMILES string of the molecule is CCNC(=O)Nc1ccc(C(=O)NNC(=O)OC(C)(C)C)cc1N1CCC(c2ccccc2)CC1. The normalized spacial score (nSPS) is 14.1. The number of piperidine rings is 1. The molecule has 3 rings (SSSR count). The Labute approximate surface area is 206 Å². The highest BCUT2D eigenvalue weighted by Crippen LogP contribution is 2.34. The first-order valence-corrected chi connectivity index (χ1v) is 11.9. The van der Waals surface area contributed by atoms with Gasteiger partial charge >= 0.3 is 12.1 Å². The van der Waals surface area contributed by atoms with Crippen LogP contribution in [0.15, 0.2) is 48.5 Å². The van der Waals surface area contributed by atoms with Crippen molar-refractivity contribution in [3.63, 3.8) is 0 Å². The number of hydrogen-bond donors (Lipinski definition) is 4. The number of hydrazine groups is 1. The molecule has 2 aromatic carbocycles. The zero-order valence-electron chi connectivity index (χ0n) is 20.8. The number of urea groups is 1. The Balaban J connectivity index is 1.74. The van der Waals surface area contributed by atoms with Gasteiger partial charge in [0.25, 0.3) is 5.91 Å². The Bertz CT molecular complexity index is 1030. The van der Waals surface area contributed by atoms with Gasteiger partial charge < -0.3 is 20.3 Å². The summed E-state index contributed by atoms with van der Waals surface area (Å²) in [5.74, 6) is -0.0161. The van der Waals surface area contributed by atoms with E-state index in [1.54, 1.807) is 39.0 Å². The molecule has 0 aromatic heterocycles. The summed E-state index contributed by atoms with van der Waals surface area (Å²) in [7, 11) is 0. The number of hydrogen-bond acceptors (Lipinski definition) is 5. The monoisotopic (exact) mass is 481 g/mol. The molecule has 0 atom stereocenters. The molecule has 4 N–H and O–H groups in total. The standard InChI is InChI=1S/C26H35N5O4/c1-5-27-24(33)28-21-12-11-20(23(32)29-30-25(34)35-26(2,3)4)17-22(21)31-15-13-19(14-16-31)18-9-7-6-8-10-18/h6-12,17,19H,5,13-16H2,1-4H3,(H,29,32)(H,30,34)(H2,27,28,33). The smallest absolute Gasteiger partial charge is 0.426 e. The van der Waals surface area contributed by atoms with E-state index in [1.807, 2.05) is 13.0 Å². The number of rotatable bonds is 5. The zero-order chi connectivity index (χ0) is 25.4. The zero-order valence-corrected chi connectivity index (χ0v) is 20.8. The molecule has 1 aliphatic rings. The molecule has 1 fully saturated rings. The van der Waals surface area contributed by atoms with E-state index >= 15 is 0 Å². The molecule has 0 unspecified atom stereocenters. The summed E-state index contributed by atoms with van der Waals surface area (Å²) in [6.07, 6.45) is 1.17. The van der Waals surface area contributed by atoms with Crippen LogP contribution in [0.3, 0.4) is 0 Å². The molecule has 35 heavy (non-hydrogen) atoms. The Kier molecular flexibility index (Phi) is 8.57. The number of ether oxygens (including phenoxy) is 1. The minimum absolute atomic E-state index is 0.309. The minimum atomic E-state index is -0.747. The lowest BCUT2D eigenvalue weighted by Gasteiger charge is -2.35. The van der Waals surface area contributed by atoms with Gasteiger partial charge in [0.15, 0.2) is 0 Å². The Morgan fingerprint density at radius 1 is 1.00 bits per heavy atom. The van der Waals surface area contributed by atoms with Gasteiger partial charge in [-0.3, -0.25) is 10.2 Å². The van der Waals surface area contributed by atoms with Gasteiger partial charge in [-0.05, 0) is 70.2 Å². The van der Waals surface area contributed by atoms with E-state index in [0.29, 0.717) is 23.7 Å². The second-order valence-electron chi connectivity index (χ2n) is 9.47. The van der Waals surface area contributed by atoms with Crippen LogP contribution in [-0.2, 0) is 4.74 Å². The molecule has 0 bridgehead atoms. The van der Waals surface area contributed by atoms with Crippen LogP contribution < -0.4 is 26.4 Å². The van der Waals surface area contributed by atoms with Gasteiger partial charge in [-0.15, -0.1) is 0 Å². The molecule has 2 aromatic rings. The van der Waals surface area contributed by atoms with Gasteiger partial charge in [0, 0.05) is 25.2 Å². The molecule has 9 nitrogen and oxygen atoms in total. The fraction of sp³-hybridized carbons (Fsp3) is 0.423. The third-order valence-electron chi connectivity index (χ3n) is 5.63. The highest BCUT2D eigenvalue weighted by molar-refractivity contribution is 5.99. The lowest BCUT2D eigenvalue weighted by molar-refractivity contribution is 0.0483. The quantitative estimate of drug-likeness (QED) is 0.474. The second kappa shape index (κ2) is 11.6. The van der Waals surface area contributed by atoms with Crippen LogP contribution in [0.5, 0.6) is 0 Å². The van der Waals surface area contributed by atoms with Crippen LogP contribution >= 0.6 is 0 Å². The topological polar surface area (TPSA) is 112 Å². The average molecular weight is 482 g/mol. The largest absolute Gasteiger partial charge is 0.443 e. The maximum absolute atomic E-state index is 12.7. The average Bonchev–Trinajstić information content (AvgIpc) is 2.82. The number of amides is 4. The van der Waals surface area contributed by atoms with Crippen molar-refractivity contribution in [2.75, 3.05) is 29.9 Å². The molecule has 0 aliphatic carbocycles. The molecular formula is C26H35N5O4. The van der Waals surface area contributed by atoms with E-state index < -0.39 is 17.6 Å². The highest BCUT2D eigenvalue weighted by Gasteiger charge is 2.24. The van der Waals surface area contributed by atoms with E-state index in [2.05, 4.69) is 50.7 Å². The van der Waals surface area contributed by atoms with Gasteiger partial charge in [-0.25, -0.2) is 15.0 Å².